The van der Waals surface area contributed by atoms with E-state index in [0.29, 0.717) is 19.0 Å². The van der Waals surface area contributed by atoms with E-state index in [9.17, 15) is 9.18 Å². The molecule has 1 N–H and O–H groups in total. The minimum absolute atomic E-state index is 0.000923. The van der Waals surface area contributed by atoms with Gasteiger partial charge in [-0.25, -0.2) is 4.39 Å². The van der Waals surface area contributed by atoms with Crippen LogP contribution >= 0.6 is 0 Å². The molecule has 168 valence electrons. The highest BCUT2D eigenvalue weighted by Crippen LogP contribution is 2.28. The number of nitrogens with zero attached hydrogens (tertiary/aromatic N) is 1. The van der Waals surface area contributed by atoms with E-state index in [1.54, 1.807) is 12.1 Å². The largest absolute Gasteiger partial charge is 0.493 e. The summed E-state index contributed by atoms with van der Waals surface area (Å²) in [6.07, 6.45) is 8.42. The second-order valence-electron chi connectivity index (χ2n) is 8.33. The number of halogens is 1. The molecule has 0 spiro atoms. The maximum Gasteiger partial charge on any atom is 0.223 e. The van der Waals surface area contributed by atoms with Crippen LogP contribution in [-0.4, -0.2) is 62.4 Å². The number of carbonyl (C=O) groups is 1. The van der Waals surface area contributed by atoms with E-state index in [4.69, 9.17) is 14.2 Å². The van der Waals surface area contributed by atoms with E-state index < -0.39 is 0 Å². The van der Waals surface area contributed by atoms with Gasteiger partial charge < -0.3 is 24.4 Å². The number of nitrogens with one attached hydrogen (secondary N) is 1. The Balaban J connectivity index is 1.30. The molecule has 1 amide bonds. The molecule has 0 bridgehead atoms. The summed E-state index contributed by atoms with van der Waals surface area (Å²) in [4.78, 5) is 15.0. The lowest BCUT2D eigenvalue weighted by Crippen LogP contribution is -2.44. The van der Waals surface area contributed by atoms with Gasteiger partial charge in [0.05, 0.1) is 19.6 Å². The van der Waals surface area contributed by atoms with E-state index in [0.717, 1.165) is 38.2 Å². The smallest absolute Gasteiger partial charge is 0.223 e. The molecule has 0 saturated carbocycles. The first-order chi connectivity index (χ1) is 15.2. The SMILES string of the molecule is O=C(CCOc1ccc(F)cc1)NC(CC1=CC=C2OCCOC2C1)CN1CCCC1. The Morgan fingerprint density at radius 3 is 2.81 bits per heavy atom. The Hall–Kier alpha value is -2.38. The molecule has 2 unspecified atom stereocenters. The van der Waals surface area contributed by atoms with Crippen molar-refractivity contribution in [1.29, 1.82) is 0 Å². The number of amides is 1. The van der Waals surface area contributed by atoms with Crippen molar-refractivity contribution in [1.82, 2.24) is 10.2 Å². The zero-order valence-electron chi connectivity index (χ0n) is 17.9. The maximum absolute atomic E-state index is 13.0. The molecule has 6 nitrogen and oxygen atoms in total. The summed E-state index contributed by atoms with van der Waals surface area (Å²) in [5, 5.41) is 3.20. The summed E-state index contributed by atoms with van der Waals surface area (Å²) < 4.78 is 30.1. The summed E-state index contributed by atoms with van der Waals surface area (Å²) >= 11 is 0. The van der Waals surface area contributed by atoms with Crippen LogP contribution in [0.15, 0.2) is 47.7 Å². The van der Waals surface area contributed by atoms with Gasteiger partial charge in [-0.3, -0.25) is 4.79 Å². The first-order valence-electron chi connectivity index (χ1n) is 11.2. The predicted molar refractivity (Wildman–Crippen MR) is 115 cm³/mol. The molecular formula is C24H31FN2O4. The van der Waals surface area contributed by atoms with E-state index in [1.807, 2.05) is 6.08 Å². The van der Waals surface area contributed by atoms with Gasteiger partial charge in [0.25, 0.3) is 0 Å². The van der Waals surface area contributed by atoms with Gasteiger partial charge in [0.1, 0.15) is 30.0 Å². The van der Waals surface area contributed by atoms with Crippen molar-refractivity contribution in [2.75, 3.05) is 39.5 Å². The number of carbonyl (C=O) groups excluding carboxylic acids is 1. The predicted octanol–water partition coefficient (Wildman–Crippen LogP) is 3.19. The number of allylic oxidation sites excluding steroid dienone is 2. The summed E-state index contributed by atoms with van der Waals surface area (Å²) in [5.41, 5.74) is 1.27. The normalized spacial score (nSPS) is 22.0. The Labute approximate surface area is 183 Å². The molecule has 4 rings (SSSR count). The average Bonchev–Trinajstić information content (AvgIpc) is 3.28. The number of hydrogen-bond acceptors (Lipinski definition) is 5. The zero-order valence-corrected chi connectivity index (χ0v) is 17.9. The third-order valence-corrected chi connectivity index (χ3v) is 5.88. The first-order valence-corrected chi connectivity index (χ1v) is 11.2. The molecule has 2 fully saturated rings. The fraction of sp³-hybridized carbons (Fsp3) is 0.542. The van der Waals surface area contributed by atoms with Crippen molar-refractivity contribution in [2.45, 2.75) is 44.2 Å². The third kappa shape index (κ3) is 6.55. The molecule has 2 saturated heterocycles. The summed E-state index contributed by atoms with van der Waals surface area (Å²) in [7, 11) is 0. The number of fused-ring (bicyclic) bond motifs is 1. The Morgan fingerprint density at radius 2 is 2.00 bits per heavy atom. The minimum Gasteiger partial charge on any atom is -0.493 e. The number of hydrogen-bond donors (Lipinski definition) is 1. The Morgan fingerprint density at radius 1 is 1.19 bits per heavy atom. The lowest BCUT2D eigenvalue weighted by molar-refractivity contribution is -0.122. The number of likely N-dealkylation sites (tertiary alicyclic amines) is 1. The molecule has 3 aliphatic rings. The van der Waals surface area contributed by atoms with Gasteiger partial charge in [-0.2, -0.15) is 0 Å². The average molecular weight is 431 g/mol. The van der Waals surface area contributed by atoms with E-state index in [-0.39, 0.29) is 36.9 Å². The first kappa shape index (κ1) is 21.8. The second-order valence-corrected chi connectivity index (χ2v) is 8.33. The van der Waals surface area contributed by atoms with Crippen LogP contribution < -0.4 is 10.1 Å². The van der Waals surface area contributed by atoms with Crippen molar-refractivity contribution in [3.8, 4) is 5.75 Å². The summed E-state index contributed by atoms with van der Waals surface area (Å²) in [6.45, 7) is 4.51. The van der Waals surface area contributed by atoms with E-state index >= 15 is 0 Å². The lowest BCUT2D eigenvalue weighted by atomic mass is 9.94. The number of rotatable bonds is 9. The van der Waals surface area contributed by atoms with Crippen molar-refractivity contribution in [3.63, 3.8) is 0 Å². The Bertz CT molecular complexity index is 802. The van der Waals surface area contributed by atoms with Gasteiger partial charge in [-0.05, 0) is 62.7 Å². The highest BCUT2D eigenvalue weighted by atomic mass is 19.1. The van der Waals surface area contributed by atoms with Gasteiger partial charge in [-0.1, -0.05) is 11.6 Å². The monoisotopic (exact) mass is 430 g/mol. The number of ether oxygens (including phenoxy) is 3. The molecule has 0 radical (unpaired) electrons. The van der Waals surface area contributed by atoms with Crippen LogP contribution in [0.2, 0.25) is 0 Å². The van der Waals surface area contributed by atoms with E-state index in [2.05, 4.69) is 16.3 Å². The van der Waals surface area contributed by atoms with Crippen molar-refractivity contribution in [3.05, 3.63) is 53.6 Å². The fourth-order valence-corrected chi connectivity index (χ4v) is 4.34. The van der Waals surface area contributed by atoms with Crippen molar-refractivity contribution >= 4 is 5.91 Å². The Kier molecular flexibility index (Phi) is 7.59. The van der Waals surface area contributed by atoms with Crippen LogP contribution in [0.5, 0.6) is 5.75 Å². The maximum atomic E-state index is 13.0. The second kappa shape index (κ2) is 10.8. The van der Waals surface area contributed by atoms with Crippen molar-refractivity contribution in [2.24, 2.45) is 0 Å². The van der Waals surface area contributed by atoms with Crippen LogP contribution in [0.25, 0.3) is 0 Å². The minimum atomic E-state index is -0.306. The van der Waals surface area contributed by atoms with Gasteiger partial charge in [0.2, 0.25) is 5.91 Å². The van der Waals surface area contributed by atoms with Gasteiger partial charge in [0.15, 0.2) is 0 Å². The van der Waals surface area contributed by atoms with Crippen LogP contribution in [0.4, 0.5) is 4.39 Å². The molecule has 2 heterocycles. The molecule has 0 aromatic heterocycles. The molecule has 1 aromatic rings. The van der Waals surface area contributed by atoms with E-state index in [1.165, 1.54) is 30.5 Å². The van der Waals surface area contributed by atoms with Crippen molar-refractivity contribution < 1.29 is 23.4 Å². The molecule has 2 aliphatic heterocycles. The van der Waals surface area contributed by atoms with Gasteiger partial charge in [-0.15, -0.1) is 0 Å². The molecule has 2 atom stereocenters. The summed E-state index contributed by atoms with van der Waals surface area (Å²) in [6, 6.07) is 5.87. The molecule has 1 aromatic carbocycles. The van der Waals surface area contributed by atoms with Crippen LogP contribution in [0.1, 0.15) is 32.1 Å². The quantitative estimate of drug-likeness (QED) is 0.652. The molecule has 31 heavy (non-hydrogen) atoms. The molecule has 1 aliphatic carbocycles. The fourth-order valence-electron chi connectivity index (χ4n) is 4.34. The summed E-state index contributed by atoms with van der Waals surface area (Å²) in [5.74, 6) is 1.13. The third-order valence-electron chi connectivity index (χ3n) is 5.88. The standard InChI is InChI=1S/C24H31FN2O4/c25-19-4-6-21(7-5-19)29-12-9-24(28)26-20(17-27-10-1-2-11-27)15-18-3-8-22-23(16-18)31-14-13-30-22/h3-8,20,23H,1-2,9-17H2,(H,26,28). The topological polar surface area (TPSA) is 60.0 Å². The number of benzene rings is 1. The molecule has 7 heteroatoms. The van der Waals surface area contributed by atoms with Crippen LogP contribution in [0.3, 0.4) is 0 Å². The zero-order chi connectivity index (χ0) is 21.5. The highest BCUT2D eigenvalue weighted by Gasteiger charge is 2.27. The highest BCUT2D eigenvalue weighted by molar-refractivity contribution is 5.76. The molecular weight excluding hydrogens is 399 g/mol. The van der Waals surface area contributed by atoms with Gasteiger partial charge in [0, 0.05) is 19.0 Å². The lowest BCUT2D eigenvalue weighted by Gasteiger charge is -2.31. The van der Waals surface area contributed by atoms with Crippen LogP contribution in [-0.2, 0) is 14.3 Å². The van der Waals surface area contributed by atoms with Crippen LogP contribution in [0, 0.1) is 5.82 Å². The van der Waals surface area contributed by atoms with Gasteiger partial charge >= 0.3 is 0 Å².